The Balaban J connectivity index is 2.25. The number of rotatable bonds is 4. The normalized spacial score (nSPS) is 13.2. The minimum absolute atomic E-state index is 0.0981. The molecule has 1 unspecified atom stereocenters. The van der Waals surface area contributed by atoms with E-state index in [1.165, 1.54) is 22.6 Å². The zero-order valence-electron chi connectivity index (χ0n) is 10.9. The van der Waals surface area contributed by atoms with E-state index >= 15 is 0 Å². The maximum atomic E-state index is 12.0. The van der Waals surface area contributed by atoms with Crippen LogP contribution in [0.15, 0.2) is 29.6 Å². The maximum absolute atomic E-state index is 12.0. The second kappa shape index (κ2) is 5.06. The first-order valence-corrected chi connectivity index (χ1v) is 7.20. The van der Waals surface area contributed by atoms with E-state index in [0.29, 0.717) is 0 Å². The van der Waals surface area contributed by atoms with Crippen molar-refractivity contribution in [3.63, 3.8) is 0 Å². The number of hydrogen-bond donors (Lipinski definition) is 2. The lowest BCUT2D eigenvalue weighted by Crippen LogP contribution is -2.25. The number of carbonyl (C=O) groups excluding carboxylic acids is 1. The molecule has 0 fully saturated rings. The SMILES string of the molecule is CC(C(=O)Nc1nn(C)cc1S(N)(=O)=O)n1cccn1. The molecular weight excluding hydrogens is 284 g/mol. The summed E-state index contributed by atoms with van der Waals surface area (Å²) in [6, 6.07) is 1.07. The Bertz CT molecular complexity index is 718. The summed E-state index contributed by atoms with van der Waals surface area (Å²) in [5.74, 6) is -0.545. The highest BCUT2D eigenvalue weighted by atomic mass is 32.2. The molecule has 108 valence electrons. The smallest absolute Gasteiger partial charge is 0.250 e. The average Bonchev–Trinajstić information content (AvgIpc) is 2.96. The number of aryl methyl sites for hydroxylation is 1. The van der Waals surface area contributed by atoms with E-state index in [2.05, 4.69) is 15.5 Å². The van der Waals surface area contributed by atoms with Crippen LogP contribution in [0.5, 0.6) is 0 Å². The van der Waals surface area contributed by atoms with Gasteiger partial charge < -0.3 is 5.32 Å². The molecule has 0 saturated carbocycles. The Morgan fingerprint density at radius 1 is 1.50 bits per heavy atom. The summed E-state index contributed by atoms with van der Waals surface area (Å²) in [5.41, 5.74) is 0. The molecule has 9 nitrogen and oxygen atoms in total. The molecule has 20 heavy (non-hydrogen) atoms. The fraction of sp³-hybridized carbons (Fsp3) is 0.300. The molecule has 0 aliphatic rings. The van der Waals surface area contributed by atoms with Crippen molar-refractivity contribution in [2.45, 2.75) is 17.9 Å². The average molecular weight is 298 g/mol. The first-order valence-electron chi connectivity index (χ1n) is 5.65. The molecule has 0 aliphatic heterocycles. The van der Waals surface area contributed by atoms with Gasteiger partial charge in [-0.15, -0.1) is 0 Å². The van der Waals surface area contributed by atoms with Gasteiger partial charge in [0.25, 0.3) is 0 Å². The van der Waals surface area contributed by atoms with Crippen LogP contribution < -0.4 is 10.5 Å². The molecule has 2 heterocycles. The first kappa shape index (κ1) is 14.2. The Morgan fingerprint density at radius 3 is 2.75 bits per heavy atom. The van der Waals surface area contributed by atoms with Gasteiger partial charge >= 0.3 is 0 Å². The van der Waals surface area contributed by atoms with Crippen LogP contribution in [0, 0.1) is 0 Å². The number of aromatic nitrogens is 4. The number of hydrogen-bond acceptors (Lipinski definition) is 5. The van der Waals surface area contributed by atoms with Crippen LogP contribution in [-0.4, -0.2) is 33.9 Å². The predicted octanol–water partition coefficient (Wildman–Crippen LogP) is -0.536. The van der Waals surface area contributed by atoms with Gasteiger partial charge in [-0.05, 0) is 13.0 Å². The summed E-state index contributed by atoms with van der Waals surface area (Å²) < 4.78 is 25.5. The molecule has 1 amide bonds. The summed E-state index contributed by atoms with van der Waals surface area (Å²) in [5, 5.41) is 15.3. The van der Waals surface area contributed by atoms with Gasteiger partial charge in [0.2, 0.25) is 15.9 Å². The number of nitrogens with zero attached hydrogens (tertiary/aromatic N) is 4. The highest BCUT2D eigenvalue weighted by Crippen LogP contribution is 2.18. The molecule has 0 radical (unpaired) electrons. The minimum atomic E-state index is -3.96. The second-order valence-corrected chi connectivity index (χ2v) is 5.74. The number of sulfonamides is 1. The van der Waals surface area contributed by atoms with Gasteiger partial charge in [0, 0.05) is 25.6 Å². The molecule has 2 aromatic heterocycles. The topological polar surface area (TPSA) is 125 Å². The van der Waals surface area contributed by atoms with Crippen molar-refractivity contribution in [3.05, 3.63) is 24.7 Å². The van der Waals surface area contributed by atoms with Gasteiger partial charge in [0.05, 0.1) is 0 Å². The van der Waals surface area contributed by atoms with E-state index in [4.69, 9.17) is 5.14 Å². The van der Waals surface area contributed by atoms with E-state index in [1.54, 1.807) is 25.4 Å². The van der Waals surface area contributed by atoms with Crippen molar-refractivity contribution < 1.29 is 13.2 Å². The number of primary sulfonamides is 1. The van der Waals surface area contributed by atoms with Gasteiger partial charge in [0.1, 0.15) is 10.9 Å². The van der Waals surface area contributed by atoms with Crippen molar-refractivity contribution in [1.82, 2.24) is 19.6 Å². The van der Waals surface area contributed by atoms with Gasteiger partial charge in [-0.25, -0.2) is 13.6 Å². The van der Waals surface area contributed by atoms with E-state index in [0.717, 1.165) is 0 Å². The largest absolute Gasteiger partial charge is 0.306 e. The fourth-order valence-corrected chi connectivity index (χ4v) is 2.27. The number of carbonyl (C=O) groups is 1. The van der Waals surface area contributed by atoms with E-state index in [1.807, 2.05) is 0 Å². The van der Waals surface area contributed by atoms with Crippen molar-refractivity contribution in [1.29, 1.82) is 0 Å². The molecule has 2 rings (SSSR count). The molecule has 1 atom stereocenters. The van der Waals surface area contributed by atoms with Crippen LogP contribution in [0.2, 0.25) is 0 Å². The minimum Gasteiger partial charge on any atom is -0.306 e. The Hall–Kier alpha value is -2.20. The Kier molecular flexibility index (Phi) is 3.59. The first-order chi connectivity index (χ1) is 9.29. The van der Waals surface area contributed by atoms with E-state index < -0.39 is 22.0 Å². The predicted molar refractivity (Wildman–Crippen MR) is 70.1 cm³/mol. The van der Waals surface area contributed by atoms with Gasteiger partial charge in [0.15, 0.2) is 5.82 Å². The molecule has 2 aromatic rings. The molecule has 10 heteroatoms. The van der Waals surface area contributed by atoms with Crippen LogP contribution in [0.3, 0.4) is 0 Å². The third kappa shape index (κ3) is 2.86. The third-order valence-corrected chi connectivity index (χ3v) is 3.56. The van der Waals surface area contributed by atoms with Crippen LogP contribution in [0.4, 0.5) is 5.82 Å². The van der Waals surface area contributed by atoms with Crippen molar-refractivity contribution in [3.8, 4) is 0 Å². The number of nitrogens with two attached hydrogens (primary N) is 1. The second-order valence-electron chi connectivity index (χ2n) is 4.21. The number of anilines is 1. The zero-order valence-corrected chi connectivity index (χ0v) is 11.7. The molecule has 0 spiro atoms. The highest BCUT2D eigenvalue weighted by Gasteiger charge is 2.22. The summed E-state index contributed by atoms with van der Waals surface area (Å²) in [6.07, 6.45) is 4.40. The zero-order chi connectivity index (χ0) is 14.9. The summed E-state index contributed by atoms with van der Waals surface area (Å²) in [4.78, 5) is 11.8. The van der Waals surface area contributed by atoms with Crippen molar-refractivity contribution in [2.75, 3.05) is 5.32 Å². The van der Waals surface area contributed by atoms with E-state index in [-0.39, 0.29) is 10.7 Å². The summed E-state index contributed by atoms with van der Waals surface area (Å²) in [6.45, 7) is 1.63. The number of amides is 1. The Morgan fingerprint density at radius 2 is 2.20 bits per heavy atom. The standard InChI is InChI=1S/C10H14N6O3S/c1-7(16-5-3-4-12-16)10(17)13-9-8(20(11,18)19)6-15(2)14-9/h3-7H,1-2H3,(H2,11,18,19)(H,13,14,17). The molecule has 3 N–H and O–H groups in total. The third-order valence-electron chi connectivity index (χ3n) is 2.64. The van der Waals surface area contributed by atoms with Gasteiger partial charge in [-0.1, -0.05) is 0 Å². The molecule has 0 aliphatic carbocycles. The van der Waals surface area contributed by atoms with Gasteiger partial charge in [-0.2, -0.15) is 10.2 Å². The van der Waals surface area contributed by atoms with Crippen molar-refractivity contribution in [2.24, 2.45) is 12.2 Å². The quantitative estimate of drug-likeness (QED) is 0.784. The Labute approximate surface area is 115 Å². The number of nitrogens with one attached hydrogen (secondary N) is 1. The lowest BCUT2D eigenvalue weighted by molar-refractivity contribution is -0.119. The van der Waals surface area contributed by atoms with Crippen LogP contribution in [0.1, 0.15) is 13.0 Å². The highest BCUT2D eigenvalue weighted by molar-refractivity contribution is 7.89. The molecular formula is C10H14N6O3S. The van der Waals surface area contributed by atoms with Gasteiger partial charge in [-0.3, -0.25) is 14.2 Å². The lowest BCUT2D eigenvalue weighted by atomic mass is 10.3. The molecule has 0 saturated heterocycles. The maximum Gasteiger partial charge on any atom is 0.250 e. The monoisotopic (exact) mass is 298 g/mol. The molecule has 0 bridgehead atoms. The lowest BCUT2D eigenvalue weighted by Gasteiger charge is -2.11. The van der Waals surface area contributed by atoms with Crippen LogP contribution >= 0.6 is 0 Å². The van der Waals surface area contributed by atoms with E-state index in [9.17, 15) is 13.2 Å². The van der Waals surface area contributed by atoms with Crippen molar-refractivity contribution >= 4 is 21.7 Å². The summed E-state index contributed by atoms with van der Waals surface area (Å²) >= 11 is 0. The fourth-order valence-electron chi connectivity index (χ4n) is 1.61. The van der Waals surface area contributed by atoms with Crippen LogP contribution in [0.25, 0.3) is 0 Å². The van der Waals surface area contributed by atoms with Crippen LogP contribution in [-0.2, 0) is 21.9 Å². The summed E-state index contributed by atoms with van der Waals surface area (Å²) in [7, 11) is -2.43. The molecule has 0 aromatic carbocycles.